The highest BCUT2D eigenvalue weighted by atomic mass is 127. The zero-order valence-electron chi connectivity index (χ0n) is 17.5. The van der Waals surface area contributed by atoms with Crippen LogP contribution < -0.4 is 10.6 Å². The highest BCUT2D eigenvalue weighted by molar-refractivity contribution is 14.0. The van der Waals surface area contributed by atoms with Crippen molar-refractivity contribution >= 4 is 29.9 Å². The van der Waals surface area contributed by atoms with Gasteiger partial charge >= 0.3 is 0 Å². The van der Waals surface area contributed by atoms with Crippen molar-refractivity contribution in [3.05, 3.63) is 35.9 Å². The molecular formula is C21H37IN4O2. The lowest BCUT2D eigenvalue weighted by molar-refractivity contribution is 0.0191. The predicted octanol–water partition coefficient (Wildman–Crippen LogP) is 3.05. The molecule has 0 aliphatic carbocycles. The Hall–Kier alpha value is -0.900. The lowest BCUT2D eigenvalue weighted by Gasteiger charge is -2.30. The zero-order chi connectivity index (χ0) is 19.3. The number of nitrogens with one attached hydrogen (secondary N) is 2. The molecule has 1 aromatic carbocycles. The fourth-order valence-electron chi connectivity index (χ4n) is 3.44. The van der Waals surface area contributed by atoms with Gasteiger partial charge in [-0.2, -0.15) is 0 Å². The minimum atomic E-state index is 0. The lowest BCUT2D eigenvalue weighted by atomic mass is 10.1. The Bertz CT molecular complexity index is 534. The number of halogens is 1. The first-order valence-corrected chi connectivity index (χ1v) is 10.2. The third kappa shape index (κ3) is 8.63. The molecule has 160 valence electrons. The van der Waals surface area contributed by atoms with E-state index in [0.29, 0.717) is 19.3 Å². The van der Waals surface area contributed by atoms with Gasteiger partial charge in [-0.1, -0.05) is 44.2 Å². The maximum atomic E-state index is 5.70. The number of rotatable bonds is 11. The third-order valence-corrected chi connectivity index (χ3v) is 4.99. The van der Waals surface area contributed by atoms with E-state index in [4.69, 9.17) is 9.47 Å². The highest BCUT2D eigenvalue weighted by Crippen LogP contribution is 2.19. The average molecular weight is 504 g/mol. The van der Waals surface area contributed by atoms with Gasteiger partial charge in [-0.3, -0.25) is 9.89 Å². The first kappa shape index (κ1) is 25.1. The Morgan fingerprint density at radius 2 is 2.00 bits per heavy atom. The standard InChI is InChI=1S/C21H36N4O2.HI/c1-4-25(5-2)20(18-10-7-6-8-11-18)16-24-21(22-3)23-13-15-26-17-19-12-9-14-27-19;/h6-8,10-11,19-20H,4-5,9,12-17H2,1-3H3,(H2,22,23,24);1H. The number of benzene rings is 1. The second-order valence-electron chi connectivity index (χ2n) is 6.74. The summed E-state index contributed by atoms with van der Waals surface area (Å²) in [5.74, 6) is 0.809. The number of aliphatic imine (C=N–C) groups is 1. The Balaban J connectivity index is 0.00000392. The van der Waals surface area contributed by atoms with E-state index in [2.05, 4.69) is 64.7 Å². The van der Waals surface area contributed by atoms with Gasteiger partial charge in [0, 0.05) is 26.7 Å². The topological polar surface area (TPSA) is 58.1 Å². The molecule has 2 atom stereocenters. The monoisotopic (exact) mass is 504 g/mol. The SMILES string of the molecule is CCN(CC)C(CNC(=NC)NCCOCC1CCCO1)c1ccccc1.I. The second kappa shape index (κ2) is 15.0. The van der Waals surface area contributed by atoms with E-state index in [1.54, 1.807) is 7.05 Å². The van der Waals surface area contributed by atoms with E-state index >= 15 is 0 Å². The molecule has 1 aliphatic heterocycles. The minimum absolute atomic E-state index is 0. The van der Waals surface area contributed by atoms with Gasteiger partial charge in [0.2, 0.25) is 0 Å². The van der Waals surface area contributed by atoms with Crippen molar-refractivity contribution in [2.75, 3.05) is 53.0 Å². The van der Waals surface area contributed by atoms with Gasteiger partial charge in [0.05, 0.1) is 25.4 Å². The average Bonchev–Trinajstić information content (AvgIpc) is 3.23. The molecule has 0 bridgehead atoms. The molecule has 0 radical (unpaired) electrons. The fourth-order valence-corrected chi connectivity index (χ4v) is 3.44. The van der Waals surface area contributed by atoms with Crippen molar-refractivity contribution in [2.45, 2.75) is 38.8 Å². The van der Waals surface area contributed by atoms with E-state index in [0.717, 1.165) is 51.6 Å². The molecule has 1 fully saturated rings. The summed E-state index contributed by atoms with van der Waals surface area (Å²) in [6, 6.07) is 11.0. The number of ether oxygens (including phenoxy) is 2. The minimum Gasteiger partial charge on any atom is -0.377 e. The molecule has 1 heterocycles. The zero-order valence-corrected chi connectivity index (χ0v) is 19.9. The maximum Gasteiger partial charge on any atom is 0.191 e. The van der Waals surface area contributed by atoms with Crippen LogP contribution in [-0.4, -0.2) is 70.0 Å². The number of nitrogens with zero attached hydrogens (tertiary/aromatic N) is 2. The smallest absolute Gasteiger partial charge is 0.191 e. The fraction of sp³-hybridized carbons (Fsp3) is 0.667. The Morgan fingerprint density at radius 1 is 1.25 bits per heavy atom. The molecule has 1 aliphatic rings. The van der Waals surface area contributed by atoms with Crippen LogP contribution in [0.2, 0.25) is 0 Å². The third-order valence-electron chi connectivity index (χ3n) is 4.99. The molecule has 28 heavy (non-hydrogen) atoms. The summed E-state index contributed by atoms with van der Waals surface area (Å²) in [6.07, 6.45) is 2.55. The van der Waals surface area contributed by atoms with E-state index in [9.17, 15) is 0 Å². The van der Waals surface area contributed by atoms with Crippen LogP contribution in [0.1, 0.15) is 38.3 Å². The summed E-state index contributed by atoms with van der Waals surface area (Å²) in [5.41, 5.74) is 1.32. The molecule has 2 rings (SSSR count). The van der Waals surface area contributed by atoms with E-state index in [1.807, 2.05) is 0 Å². The Labute approximate surface area is 187 Å². The molecule has 0 spiro atoms. The second-order valence-corrected chi connectivity index (χ2v) is 6.74. The van der Waals surface area contributed by atoms with Gasteiger partial charge in [0.1, 0.15) is 0 Å². The van der Waals surface area contributed by atoms with Gasteiger partial charge in [-0.25, -0.2) is 0 Å². The molecule has 1 aromatic rings. The van der Waals surface area contributed by atoms with Crippen molar-refractivity contribution < 1.29 is 9.47 Å². The van der Waals surface area contributed by atoms with Crippen LogP contribution in [0.15, 0.2) is 35.3 Å². The first-order chi connectivity index (χ1) is 13.3. The molecular weight excluding hydrogens is 467 g/mol. The van der Waals surface area contributed by atoms with Crippen LogP contribution in [0, 0.1) is 0 Å². The highest BCUT2D eigenvalue weighted by Gasteiger charge is 2.18. The summed E-state index contributed by atoms with van der Waals surface area (Å²) in [4.78, 5) is 6.79. The maximum absolute atomic E-state index is 5.70. The summed E-state index contributed by atoms with van der Waals surface area (Å²) >= 11 is 0. The van der Waals surface area contributed by atoms with Gasteiger partial charge in [0.25, 0.3) is 0 Å². The summed E-state index contributed by atoms with van der Waals surface area (Å²) in [6.45, 7) is 10.2. The molecule has 6 nitrogen and oxygen atoms in total. The normalized spacial score (nSPS) is 18.0. The van der Waals surface area contributed by atoms with Gasteiger partial charge in [-0.05, 0) is 31.5 Å². The molecule has 7 heteroatoms. The number of hydrogen-bond acceptors (Lipinski definition) is 4. The van der Waals surface area contributed by atoms with Crippen molar-refractivity contribution in [2.24, 2.45) is 4.99 Å². The Kier molecular flexibility index (Phi) is 13.5. The van der Waals surface area contributed by atoms with E-state index < -0.39 is 0 Å². The van der Waals surface area contributed by atoms with Gasteiger partial charge in [-0.15, -0.1) is 24.0 Å². The van der Waals surface area contributed by atoms with Crippen LogP contribution in [-0.2, 0) is 9.47 Å². The summed E-state index contributed by atoms with van der Waals surface area (Å²) in [7, 11) is 1.80. The molecule has 0 amide bonds. The molecule has 0 aromatic heterocycles. The molecule has 2 N–H and O–H groups in total. The van der Waals surface area contributed by atoms with Crippen LogP contribution in [0.5, 0.6) is 0 Å². The van der Waals surface area contributed by atoms with Crippen molar-refractivity contribution in [3.63, 3.8) is 0 Å². The van der Waals surface area contributed by atoms with Crippen molar-refractivity contribution in [1.82, 2.24) is 15.5 Å². The van der Waals surface area contributed by atoms with Crippen molar-refractivity contribution in [3.8, 4) is 0 Å². The largest absolute Gasteiger partial charge is 0.377 e. The van der Waals surface area contributed by atoms with Gasteiger partial charge < -0.3 is 20.1 Å². The number of likely N-dealkylation sites (N-methyl/N-ethyl adjacent to an activating group) is 1. The van der Waals surface area contributed by atoms with E-state index in [-0.39, 0.29) is 30.1 Å². The van der Waals surface area contributed by atoms with Crippen LogP contribution in [0.25, 0.3) is 0 Å². The number of guanidine groups is 1. The molecule has 0 saturated carbocycles. The molecule has 2 unspecified atom stereocenters. The van der Waals surface area contributed by atoms with Crippen LogP contribution in [0.3, 0.4) is 0 Å². The lowest BCUT2D eigenvalue weighted by Crippen LogP contribution is -2.44. The Morgan fingerprint density at radius 3 is 2.61 bits per heavy atom. The van der Waals surface area contributed by atoms with Crippen molar-refractivity contribution in [1.29, 1.82) is 0 Å². The van der Waals surface area contributed by atoms with Crippen LogP contribution >= 0.6 is 24.0 Å². The molecule has 1 saturated heterocycles. The van der Waals surface area contributed by atoms with E-state index in [1.165, 1.54) is 5.56 Å². The van der Waals surface area contributed by atoms with Gasteiger partial charge in [0.15, 0.2) is 5.96 Å². The summed E-state index contributed by atoms with van der Waals surface area (Å²) < 4.78 is 11.3. The summed E-state index contributed by atoms with van der Waals surface area (Å²) in [5, 5.41) is 6.80. The first-order valence-electron chi connectivity index (χ1n) is 10.2. The van der Waals surface area contributed by atoms with Crippen LogP contribution in [0.4, 0.5) is 0 Å². The predicted molar refractivity (Wildman–Crippen MR) is 127 cm³/mol. The quantitative estimate of drug-likeness (QED) is 0.210. The number of hydrogen-bond donors (Lipinski definition) is 2.